The molecular weight excluding hydrogens is 296 g/mol. The number of nitrogens with two attached hydrogens (primary N) is 1. The van der Waals surface area contributed by atoms with Crippen molar-refractivity contribution < 1.29 is 22.7 Å². The first kappa shape index (κ1) is 17.4. The fourth-order valence-corrected chi connectivity index (χ4v) is 2.18. The third-order valence-corrected chi connectivity index (χ3v) is 3.32. The highest BCUT2D eigenvalue weighted by atomic mass is 32.2. The first-order valence-electron chi connectivity index (χ1n) is 6.17. The summed E-state index contributed by atoms with van der Waals surface area (Å²) in [6.45, 7) is 5.34. The van der Waals surface area contributed by atoms with Gasteiger partial charge in [0.05, 0.1) is 12.7 Å². The molecule has 0 heterocycles. The highest BCUT2D eigenvalue weighted by Gasteiger charge is 2.17. The van der Waals surface area contributed by atoms with Crippen LogP contribution in [0.3, 0.4) is 0 Å². The quantitative estimate of drug-likeness (QED) is 0.845. The van der Waals surface area contributed by atoms with Crippen LogP contribution in [0, 0.1) is 0 Å². The number of benzene rings is 1. The molecule has 0 spiro atoms. The molecular formula is C13H20N2O5S. The van der Waals surface area contributed by atoms with E-state index in [2.05, 4.69) is 5.32 Å². The number of anilines is 1. The molecule has 3 N–H and O–H groups in total. The molecule has 0 saturated heterocycles. The number of primary sulfonamides is 1. The number of ether oxygens (including phenoxy) is 2. The van der Waals surface area contributed by atoms with E-state index in [1.165, 1.54) is 25.3 Å². The van der Waals surface area contributed by atoms with E-state index in [0.717, 1.165) is 0 Å². The van der Waals surface area contributed by atoms with Crippen molar-refractivity contribution in [1.29, 1.82) is 0 Å². The zero-order valence-corrected chi connectivity index (χ0v) is 13.3. The lowest BCUT2D eigenvalue weighted by Crippen LogP contribution is -2.27. The third kappa shape index (κ3) is 5.70. The summed E-state index contributed by atoms with van der Waals surface area (Å²) < 4.78 is 33.2. The molecule has 1 aromatic rings. The second-order valence-electron chi connectivity index (χ2n) is 5.36. The Labute approximate surface area is 124 Å². The van der Waals surface area contributed by atoms with Crippen LogP contribution in [-0.2, 0) is 19.6 Å². The monoisotopic (exact) mass is 316 g/mol. The normalized spacial score (nSPS) is 12.0. The summed E-state index contributed by atoms with van der Waals surface area (Å²) in [5, 5.41) is 7.64. The molecule has 0 fully saturated rings. The first-order valence-corrected chi connectivity index (χ1v) is 7.72. The molecule has 0 unspecified atom stereocenters. The third-order valence-electron chi connectivity index (χ3n) is 2.39. The Morgan fingerprint density at radius 1 is 1.33 bits per heavy atom. The molecule has 7 nitrogen and oxygen atoms in total. The number of methoxy groups -OCH3 is 1. The van der Waals surface area contributed by atoms with Gasteiger partial charge in [0.2, 0.25) is 15.9 Å². The van der Waals surface area contributed by atoms with Gasteiger partial charge in [-0.1, -0.05) is 0 Å². The fourth-order valence-electron chi connectivity index (χ4n) is 1.46. The molecule has 0 atom stereocenters. The largest absolute Gasteiger partial charge is 0.495 e. The van der Waals surface area contributed by atoms with Crippen LogP contribution in [0.25, 0.3) is 0 Å². The van der Waals surface area contributed by atoms with E-state index in [4.69, 9.17) is 14.6 Å². The van der Waals surface area contributed by atoms with Crippen LogP contribution in [0.2, 0.25) is 0 Å². The molecule has 0 aromatic heterocycles. The van der Waals surface area contributed by atoms with Crippen molar-refractivity contribution in [2.75, 3.05) is 19.0 Å². The Hall–Kier alpha value is -1.64. The zero-order chi connectivity index (χ0) is 16.3. The Morgan fingerprint density at radius 3 is 2.43 bits per heavy atom. The van der Waals surface area contributed by atoms with E-state index < -0.39 is 21.5 Å². The van der Waals surface area contributed by atoms with E-state index >= 15 is 0 Å². The van der Waals surface area contributed by atoms with Crippen molar-refractivity contribution in [2.24, 2.45) is 5.14 Å². The number of hydrogen-bond acceptors (Lipinski definition) is 5. The van der Waals surface area contributed by atoms with Crippen LogP contribution < -0.4 is 15.2 Å². The van der Waals surface area contributed by atoms with Gasteiger partial charge in [0.1, 0.15) is 17.3 Å². The van der Waals surface area contributed by atoms with Crippen molar-refractivity contribution in [2.45, 2.75) is 31.3 Å². The Kier molecular flexibility index (Phi) is 5.32. The van der Waals surface area contributed by atoms with E-state index in [0.29, 0.717) is 5.69 Å². The van der Waals surface area contributed by atoms with Crippen molar-refractivity contribution in [3.8, 4) is 5.75 Å². The number of hydrogen-bond donors (Lipinski definition) is 2. The predicted molar refractivity (Wildman–Crippen MR) is 78.7 cm³/mol. The highest BCUT2D eigenvalue weighted by molar-refractivity contribution is 7.89. The number of carbonyl (C=O) groups is 1. The topological polar surface area (TPSA) is 108 Å². The molecule has 0 saturated carbocycles. The standard InChI is InChI=1S/C13H20N2O5S/c1-13(2,3)20-8-12(16)15-9-5-6-10(19-4)11(7-9)21(14,17)18/h5-7H,8H2,1-4H3,(H,15,16)(H2,14,17,18). The molecule has 0 aliphatic rings. The number of sulfonamides is 1. The summed E-state index contributed by atoms with van der Waals surface area (Å²) in [6.07, 6.45) is 0. The maximum Gasteiger partial charge on any atom is 0.250 e. The lowest BCUT2D eigenvalue weighted by molar-refractivity contribution is -0.125. The smallest absolute Gasteiger partial charge is 0.250 e. The van der Waals surface area contributed by atoms with Gasteiger partial charge >= 0.3 is 0 Å². The summed E-state index contributed by atoms with van der Waals surface area (Å²) in [6, 6.07) is 4.17. The average Bonchev–Trinajstić information content (AvgIpc) is 2.34. The number of nitrogens with one attached hydrogen (secondary N) is 1. The molecule has 0 aliphatic heterocycles. The van der Waals surface area contributed by atoms with Crippen molar-refractivity contribution in [1.82, 2.24) is 0 Å². The van der Waals surface area contributed by atoms with Gasteiger partial charge in [-0.2, -0.15) is 0 Å². The van der Waals surface area contributed by atoms with Gasteiger partial charge in [-0.3, -0.25) is 4.79 Å². The van der Waals surface area contributed by atoms with E-state index in [1.54, 1.807) is 0 Å². The van der Waals surface area contributed by atoms with Gasteiger partial charge in [0.15, 0.2) is 0 Å². The fraction of sp³-hybridized carbons (Fsp3) is 0.462. The molecule has 0 radical (unpaired) electrons. The zero-order valence-electron chi connectivity index (χ0n) is 12.5. The number of rotatable bonds is 5. The van der Waals surface area contributed by atoms with Crippen LogP contribution in [0.1, 0.15) is 20.8 Å². The van der Waals surface area contributed by atoms with E-state index in [1.807, 2.05) is 20.8 Å². The van der Waals surface area contributed by atoms with E-state index in [-0.39, 0.29) is 17.3 Å². The Morgan fingerprint density at radius 2 is 1.95 bits per heavy atom. The molecule has 118 valence electrons. The Balaban J connectivity index is 2.88. The molecule has 8 heteroatoms. The summed E-state index contributed by atoms with van der Waals surface area (Å²) in [4.78, 5) is 11.5. The number of carbonyl (C=O) groups excluding carboxylic acids is 1. The summed E-state index contributed by atoms with van der Waals surface area (Å²) in [7, 11) is -2.61. The predicted octanol–water partition coefficient (Wildman–Crippen LogP) is 1.10. The van der Waals surface area contributed by atoms with Crippen LogP contribution in [0.5, 0.6) is 5.75 Å². The molecule has 0 bridgehead atoms. The molecule has 1 rings (SSSR count). The van der Waals surface area contributed by atoms with Crippen LogP contribution in [0.15, 0.2) is 23.1 Å². The van der Waals surface area contributed by atoms with Gasteiger partial charge in [0, 0.05) is 5.69 Å². The summed E-state index contributed by atoms with van der Waals surface area (Å²) >= 11 is 0. The maximum atomic E-state index is 11.7. The lowest BCUT2D eigenvalue weighted by atomic mass is 10.2. The SMILES string of the molecule is COc1ccc(NC(=O)COC(C)(C)C)cc1S(N)(=O)=O. The highest BCUT2D eigenvalue weighted by Crippen LogP contribution is 2.26. The van der Waals surface area contributed by atoms with Gasteiger partial charge in [-0.25, -0.2) is 13.6 Å². The summed E-state index contributed by atoms with van der Waals surface area (Å²) in [5.41, 5.74) is -0.148. The second-order valence-corrected chi connectivity index (χ2v) is 6.89. The minimum absolute atomic E-state index is 0.112. The minimum Gasteiger partial charge on any atom is -0.495 e. The molecule has 1 aromatic carbocycles. The van der Waals surface area contributed by atoms with Gasteiger partial charge in [-0.05, 0) is 39.0 Å². The van der Waals surface area contributed by atoms with Crippen LogP contribution in [-0.4, -0.2) is 33.6 Å². The first-order chi connectivity index (χ1) is 9.53. The van der Waals surface area contributed by atoms with Gasteiger partial charge in [-0.15, -0.1) is 0 Å². The number of amides is 1. The average molecular weight is 316 g/mol. The van der Waals surface area contributed by atoms with Gasteiger partial charge < -0.3 is 14.8 Å². The molecule has 0 aliphatic carbocycles. The van der Waals surface area contributed by atoms with Crippen molar-refractivity contribution >= 4 is 21.6 Å². The van der Waals surface area contributed by atoms with Crippen molar-refractivity contribution in [3.63, 3.8) is 0 Å². The summed E-state index contributed by atoms with van der Waals surface area (Å²) in [5.74, 6) is -0.281. The maximum absolute atomic E-state index is 11.7. The minimum atomic E-state index is -3.95. The molecule has 21 heavy (non-hydrogen) atoms. The second kappa shape index (κ2) is 6.42. The lowest BCUT2D eigenvalue weighted by Gasteiger charge is -2.19. The van der Waals surface area contributed by atoms with Crippen molar-refractivity contribution in [3.05, 3.63) is 18.2 Å². The molecule has 1 amide bonds. The van der Waals surface area contributed by atoms with Crippen LogP contribution in [0.4, 0.5) is 5.69 Å². The van der Waals surface area contributed by atoms with Gasteiger partial charge in [0.25, 0.3) is 0 Å². The van der Waals surface area contributed by atoms with E-state index in [9.17, 15) is 13.2 Å². The van der Waals surface area contributed by atoms with Crippen LogP contribution >= 0.6 is 0 Å². The Bertz CT molecular complexity index is 620.